The molecule has 1 aliphatic rings. The molecule has 1 aromatic rings. The fourth-order valence-electron chi connectivity index (χ4n) is 1.67. The molecule has 1 amide bonds. The van der Waals surface area contributed by atoms with Crippen molar-refractivity contribution in [2.75, 3.05) is 11.4 Å². The summed E-state index contributed by atoms with van der Waals surface area (Å²) in [5, 5.41) is 8.70. The fraction of sp³-hybridized carbons (Fsp3) is 0.273. The highest BCUT2D eigenvalue weighted by atomic mass is 79.9. The highest BCUT2D eigenvalue weighted by molar-refractivity contribution is 9.10. The summed E-state index contributed by atoms with van der Waals surface area (Å²) in [6.45, 7) is 0.589. The molecule has 82 valence electrons. The summed E-state index contributed by atoms with van der Waals surface area (Å²) in [5.74, 6) is -0.608. The van der Waals surface area contributed by atoms with Crippen LogP contribution in [0, 0.1) is 17.1 Å². The van der Waals surface area contributed by atoms with E-state index in [-0.39, 0.29) is 16.3 Å². The van der Waals surface area contributed by atoms with Gasteiger partial charge in [0.05, 0.1) is 10.4 Å². The van der Waals surface area contributed by atoms with Crippen LogP contribution in [0.2, 0.25) is 0 Å². The van der Waals surface area contributed by atoms with E-state index in [0.29, 0.717) is 12.2 Å². The van der Waals surface area contributed by atoms with Gasteiger partial charge in [-0.15, -0.1) is 0 Å². The molecule has 0 bridgehead atoms. The van der Waals surface area contributed by atoms with Crippen molar-refractivity contribution in [3.8, 4) is 6.07 Å². The van der Waals surface area contributed by atoms with Gasteiger partial charge in [-0.1, -0.05) is 15.9 Å². The molecule has 0 aliphatic carbocycles. The summed E-state index contributed by atoms with van der Waals surface area (Å²) in [6, 6.07) is 5.89. The zero-order valence-corrected chi connectivity index (χ0v) is 9.87. The van der Waals surface area contributed by atoms with E-state index in [1.54, 1.807) is 11.0 Å². The Hall–Kier alpha value is -1.41. The van der Waals surface area contributed by atoms with Crippen molar-refractivity contribution >= 4 is 27.5 Å². The van der Waals surface area contributed by atoms with Crippen LogP contribution in [0.4, 0.5) is 10.1 Å². The number of halogens is 2. The SMILES string of the molecule is N#Cc1cc(N2CCC(Br)C2=O)ccc1F. The van der Waals surface area contributed by atoms with E-state index in [4.69, 9.17) is 5.26 Å². The van der Waals surface area contributed by atoms with Crippen LogP contribution in [0.3, 0.4) is 0 Å². The summed E-state index contributed by atoms with van der Waals surface area (Å²) in [5.41, 5.74) is 0.535. The van der Waals surface area contributed by atoms with Gasteiger partial charge in [0.2, 0.25) is 5.91 Å². The second-order valence-corrected chi connectivity index (χ2v) is 4.63. The van der Waals surface area contributed by atoms with Crippen molar-refractivity contribution in [3.05, 3.63) is 29.6 Å². The third-order valence-corrected chi connectivity index (χ3v) is 3.37. The zero-order chi connectivity index (χ0) is 11.7. The summed E-state index contributed by atoms with van der Waals surface area (Å²) >= 11 is 3.26. The standard InChI is InChI=1S/C11H8BrFN2O/c12-9-3-4-15(11(9)16)8-1-2-10(13)7(5-8)6-14/h1-2,5,9H,3-4H2. The molecular weight excluding hydrogens is 275 g/mol. The lowest BCUT2D eigenvalue weighted by Gasteiger charge is -2.16. The number of carbonyl (C=O) groups is 1. The summed E-state index contributed by atoms with van der Waals surface area (Å²) in [7, 11) is 0. The Kier molecular flexibility index (Phi) is 2.92. The van der Waals surface area contributed by atoms with Crippen LogP contribution in [0.15, 0.2) is 18.2 Å². The van der Waals surface area contributed by atoms with Crippen LogP contribution in [0.1, 0.15) is 12.0 Å². The van der Waals surface area contributed by atoms with Gasteiger partial charge >= 0.3 is 0 Å². The quantitative estimate of drug-likeness (QED) is 0.742. The molecule has 1 heterocycles. The summed E-state index contributed by atoms with van der Waals surface area (Å²) < 4.78 is 13.1. The molecule has 3 nitrogen and oxygen atoms in total. The minimum atomic E-state index is -0.562. The van der Waals surface area contributed by atoms with Gasteiger partial charge in [0.1, 0.15) is 11.9 Å². The first kappa shape index (κ1) is 11.1. The van der Waals surface area contributed by atoms with Crippen LogP contribution >= 0.6 is 15.9 Å². The molecule has 5 heteroatoms. The molecule has 0 saturated carbocycles. The molecule has 16 heavy (non-hydrogen) atoms. The second-order valence-electron chi connectivity index (χ2n) is 3.52. The average Bonchev–Trinajstić information content (AvgIpc) is 2.61. The van der Waals surface area contributed by atoms with Crippen molar-refractivity contribution in [3.63, 3.8) is 0 Å². The molecule has 0 spiro atoms. The maximum atomic E-state index is 13.1. The Bertz CT molecular complexity index is 483. The Morgan fingerprint density at radius 2 is 2.31 bits per heavy atom. The molecule has 1 saturated heterocycles. The molecule has 1 fully saturated rings. The normalized spacial score (nSPS) is 19.9. The Morgan fingerprint density at radius 1 is 1.56 bits per heavy atom. The Balaban J connectivity index is 2.36. The minimum Gasteiger partial charge on any atom is -0.311 e. The number of nitrogens with zero attached hydrogens (tertiary/aromatic N) is 2. The van der Waals surface area contributed by atoms with Gasteiger partial charge in [-0.3, -0.25) is 4.79 Å². The number of carbonyl (C=O) groups excluding carboxylic acids is 1. The van der Waals surface area contributed by atoms with Gasteiger partial charge in [-0.2, -0.15) is 5.26 Å². The van der Waals surface area contributed by atoms with Crippen LogP contribution in [-0.4, -0.2) is 17.3 Å². The highest BCUT2D eigenvalue weighted by Gasteiger charge is 2.30. The molecule has 2 rings (SSSR count). The monoisotopic (exact) mass is 282 g/mol. The van der Waals surface area contributed by atoms with Gasteiger partial charge in [0.25, 0.3) is 0 Å². The van der Waals surface area contributed by atoms with Crippen molar-refractivity contribution in [2.45, 2.75) is 11.2 Å². The van der Waals surface area contributed by atoms with Gasteiger partial charge in [0, 0.05) is 12.2 Å². The number of nitriles is 1. The molecule has 0 radical (unpaired) electrons. The Labute approximate surface area is 101 Å². The van der Waals surface area contributed by atoms with E-state index >= 15 is 0 Å². The van der Waals surface area contributed by atoms with Crippen molar-refractivity contribution in [2.24, 2.45) is 0 Å². The maximum absolute atomic E-state index is 13.1. The first-order valence-electron chi connectivity index (χ1n) is 4.78. The van der Waals surface area contributed by atoms with Crippen LogP contribution in [0.25, 0.3) is 0 Å². The number of alkyl halides is 1. The first-order chi connectivity index (χ1) is 7.63. The van der Waals surface area contributed by atoms with Crippen molar-refractivity contribution < 1.29 is 9.18 Å². The van der Waals surface area contributed by atoms with E-state index in [1.807, 2.05) is 0 Å². The fourth-order valence-corrected chi connectivity index (χ4v) is 2.12. The van der Waals surface area contributed by atoms with Crippen LogP contribution in [0.5, 0.6) is 0 Å². The Morgan fingerprint density at radius 3 is 2.88 bits per heavy atom. The molecule has 1 aliphatic heterocycles. The highest BCUT2D eigenvalue weighted by Crippen LogP contribution is 2.26. The lowest BCUT2D eigenvalue weighted by Crippen LogP contribution is -2.27. The third kappa shape index (κ3) is 1.81. The minimum absolute atomic E-state index is 0.0386. The van der Waals surface area contributed by atoms with Gasteiger partial charge in [-0.25, -0.2) is 4.39 Å². The lowest BCUT2D eigenvalue weighted by molar-refractivity contribution is -0.116. The molecule has 0 aromatic heterocycles. The van der Waals surface area contributed by atoms with Gasteiger partial charge in [-0.05, 0) is 24.6 Å². The molecule has 1 aromatic carbocycles. The topological polar surface area (TPSA) is 44.1 Å². The second kappa shape index (κ2) is 4.22. The van der Waals surface area contributed by atoms with E-state index in [9.17, 15) is 9.18 Å². The third-order valence-electron chi connectivity index (χ3n) is 2.52. The van der Waals surface area contributed by atoms with Crippen LogP contribution in [-0.2, 0) is 4.79 Å². The van der Waals surface area contributed by atoms with E-state index in [2.05, 4.69) is 15.9 Å². The molecule has 1 atom stereocenters. The van der Waals surface area contributed by atoms with Crippen molar-refractivity contribution in [1.29, 1.82) is 5.26 Å². The summed E-state index contributed by atoms with van der Waals surface area (Å²) in [4.78, 5) is 13.1. The molecule has 1 unspecified atom stereocenters. The molecular formula is C11H8BrFN2O. The van der Waals surface area contributed by atoms with Gasteiger partial charge in [0.15, 0.2) is 0 Å². The maximum Gasteiger partial charge on any atom is 0.240 e. The zero-order valence-electron chi connectivity index (χ0n) is 8.28. The van der Waals surface area contributed by atoms with Crippen molar-refractivity contribution in [1.82, 2.24) is 0 Å². The number of anilines is 1. The van der Waals surface area contributed by atoms with E-state index in [1.165, 1.54) is 18.2 Å². The molecule has 0 N–H and O–H groups in total. The van der Waals surface area contributed by atoms with Crippen LogP contribution < -0.4 is 4.90 Å². The largest absolute Gasteiger partial charge is 0.311 e. The van der Waals surface area contributed by atoms with E-state index < -0.39 is 5.82 Å². The smallest absolute Gasteiger partial charge is 0.240 e. The number of amides is 1. The predicted molar refractivity (Wildman–Crippen MR) is 60.8 cm³/mol. The number of hydrogen-bond donors (Lipinski definition) is 0. The van der Waals surface area contributed by atoms with E-state index in [0.717, 1.165) is 6.42 Å². The van der Waals surface area contributed by atoms with Gasteiger partial charge < -0.3 is 4.90 Å². The lowest BCUT2D eigenvalue weighted by atomic mass is 10.2. The first-order valence-corrected chi connectivity index (χ1v) is 5.70. The number of benzene rings is 1. The summed E-state index contributed by atoms with van der Waals surface area (Å²) in [6.07, 6.45) is 0.720. The average molecular weight is 283 g/mol. The number of rotatable bonds is 1. The number of hydrogen-bond acceptors (Lipinski definition) is 2. The predicted octanol–water partition coefficient (Wildman–Crippen LogP) is 2.20.